The number of allylic oxidation sites excluding steroid dienone is 11. The monoisotopic (exact) mass is 403 g/mol. The van der Waals surface area contributed by atoms with Crippen LogP contribution in [0.4, 0.5) is 0 Å². The van der Waals surface area contributed by atoms with E-state index in [1.807, 2.05) is 0 Å². The maximum absolute atomic E-state index is 6.58. The average Bonchev–Trinajstić information content (AvgIpc) is 3.05. The third kappa shape index (κ3) is 3.25. The van der Waals surface area contributed by atoms with Gasteiger partial charge in [0, 0.05) is 11.1 Å². The molecular formula is C30H29N. The summed E-state index contributed by atoms with van der Waals surface area (Å²) in [5.41, 5.74) is 19.2. The van der Waals surface area contributed by atoms with Crippen LogP contribution in [-0.2, 0) is 5.41 Å². The Labute approximate surface area is 185 Å². The molecule has 2 aromatic rings. The summed E-state index contributed by atoms with van der Waals surface area (Å²) in [6.07, 6.45) is 19.0. The normalized spacial score (nSPS) is 21.1. The Bertz CT molecular complexity index is 1160. The van der Waals surface area contributed by atoms with Gasteiger partial charge in [-0.1, -0.05) is 86.7 Å². The largest absolute Gasteiger partial charge is 0.398 e. The smallest absolute Gasteiger partial charge is 0.0423 e. The summed E-state index contributed by atoms with van der Waals surface area (Å²) in [7, 11) is 0. The minimum atomic E-state index is -0.0583. The molecule has 31 heavy (non-hydrogen) atoms. The molecule has 0 aromatic heterocycles. The van der Waals surface area contributed by atoms with E-state index in [9.17, 15) is 0 Å². The minimum Gasteiger partial charge on any atom is -0.398 e. The SMILES string of the molecule is C/C(=C1/C=CC=CC1)c1ccc2c(c1)C(C)(C)c1cc(/C(N)=C3\C=CC=CC3)ccc1-2. The van der Waals surface area contributed by atoms with Gasteiger partial charge in [-0.05, 0) is 82.0 Å². The van der Waals surface area contributed by atoms with Crippen molar-refractivity contribution in [2.45, 2.75) is 39.0 Å². The van der Waals surface area contributed by atoms with E-state index in [1.165, 1.54) is 44.5 Å². The Balaban J connectivity index is 1.58. The number of rotatable bonds is 2. The summed E-state index contributed by atoms with van der Waals surface area (Å²) < 4.78 is 0. The number of benzene rings is 2. The molecule has 3 aliphatic carbocycles. The first-order chi connectivity index (χ1) is 15.0. The quantitative estimate of drug-likeness (QED) is 0.553. The summed E-state index contributed by atoms with van der Waals surface area (Å²) >= 11 is 0. The van der Waals surface area contributed by atoms with Crippen LogP contribution in [0.2, 0.25) is 0 Å². The standard InChI is InChI=1S/C30H29N/c1-20(21-10-6-4-7-11-21)23-14-16-25-26-17-15-24(29(31)22-12-8-5-9-13-22)19-28(26)30(2,3)27(25)18-23/h4-10,12,14-19H,11,13,31H2,1-3H3/b21-20+,29-22-. The summed E-state index contributed by atoms with van der Waals surface area (Å²) in [5.74, 6) is 0. The van der Waals surface area contributed by atoms with Crippen LogP contribution in [0.3, 0.4) is 0 Å². The first-order valence-electron chi connectivity index (χ1n) is 11.1. The zero-order chi connectivity index (χ0) is 21.6. The Kier molecular flexibility index (Phi) is 4.70. The van der Waals surface area contributed by atoms with E-state index in [0.717, 1.165) is 24.1 Å². The van der Waals surface area contributed by atoms with Crippen molar-refractivity contribution in [2.75, 3.05) is 0 Å². The topological polar surface area (TPSA) is 26.0 Å². The van der Waals surface area contributed by atoms with Crippen molar-refractivity contribution < 1.29 is 0 Å². The zero-order valence-corrected chi connectivity index (χ0v) is 18.6. The van der Waals surface area contributed by atoms with Gasteiger partial charge in [0.25, 0.3) is 0 Å². The highest BCUT2D eigenvalue weighted by molar-refractivity contribution is 5.85. The molecule has 2 N–H and O–H groups in total. The molecule has 1 nitrogen and oxygen atoms in total. The van der Waals surface area contributed by atoms with Gasteiger partial charge in [-0.2, -0.15) is 0 Å². The number of hydrogen-bond donors (Lipinski definition) is 1. The van der Waals surface area contributed by atoms with Gasteiger partial charge in [0.1, 0.15) is 0 Å². The molecule has 0 aliphatic heterocycles. The molecule has 0 saturated heterocycles. The third-order valence-corrected chi connectivity index (χ3v) is 7.01. The van der Waals surface area contributed by atoms with E-state index >= 15 is 0 Å². The summed E-state index contributed by atoms with van der Waals surface area (Å²) in [5, 5.41) is 0. The van der Waals surface area contributed by atoms with Gasteiger partial charge in [-0.15, -0.1) is 0 Å². The predicted molar refractivity (Wildman–Crippen MR) is 134 cm³/mol. The Morgan fingerprint density at radius 3 is 1.87 bits per heavy atom. The summed E-state index contributed by atoms with van der Waals surface area (Å²) in [6.45, 7) is 6.92. The molecule has 0 fully saturated rings. The van der Waals surface area contributed by atoms with Crippen LogP contribution < -0.4 is 5.73 Å². The molecule has 0 radical (unpaired) electrons. The molecule has 0 heterocycles. The maximum Gasteiger partial charge on any atom is 0.0423 e. The molecular weight excluding hydrogens is 374 g/mol. The van der Waals surface area contributed by atoms with Gasteiger partial charge in [-0.25, -0.2) is 0 Å². The molecule has 154 valence electrons. The van der Waals surface area contributed by atoms with Gasteiger partial charge in [-0.3, -0.25) is 0 Å². The lowest BCUT2D eigenvalue weighted by Gasteiger charge is -2.23. The minimum absolute atomic E-state index is 0.0583. The van der Waals surface area contributed by atoms with E-state index in [-0.39, 0.29) is 5.41 Å². The fraction of sp³-hybridized carbons (Fsp3) is 0.200. The van der Waals surface area contributed by atoms with Crippen LogP contribution in [0.15, 0.2) is 96.2 Å². The molecule has 0 bridgehead atoms. The van der Waals surface area contributed by atoms with E-state index in [4.69, 9.17) is 5.73 Å². The van der Waals surface area contributed by atoms with Crippen molar-refractivity contribution in [1.82, 2.24) is 0 Å². The Hall–Kier alpha value is -3.32. The van der Waals surface area contributed by atoms with Gasteiger partial charge < -0.3 is 5.73 Å². The highest BCUT2D eigenvalue weighted by Crippen LogP contribution is 2.50. The van der Waals surface area contributed by atoms with Crippen molar-refractivity contribution in [2.24, 2.45) is 5.73 Å². The molecule has 1 heteroatoms. The lowest BCUT2D eigenvalue weighted by molar-refractivity contribution is 0.660. The van der Waals surface area contributed by atoms with E-state index in [2.05, 4.69) is 106 Å². The van der Waals surface area contributed by atoms with Crippen LogP contribution in [0.25, 0.3) is 22.4 Å². The second-order valence-electron chi connectivity index (χ2n) is 9.22. The van der Waals surface area contributed by atoms with Crippen LogP contribution in [0, 0.1) is 0 Å². The third-order valence-electron chi connectivity index (χ3n) is 7.01. The van der Waals surface area contributed by atoms with Crippen LogP contribution in [-0.4, -0.2) is 0 Å². The van der Waals surface area contributed by atoms with Crippen molar-refractivity contribution in [3.63, 3.8) is 0 Å². The van der Waals surface area contributed by atoms with Gasteiger partial charge in [0.15, 0.2) is 0 Å². The fourth-order valence-electron chi connectivity index (χ4n) is 5.01. The van der Waals surface area contributed by atoms with Crippen molar-refractivity contribution in [1.29, 1.82) is 0 Å². The van der Waals surface area contributed by atoms with Crippen molar-refractivity contribution >= 4 is 11.3 Å². The fourth-order valence-corrected chi connectivity index (χ4v) is 5.01. The zero-order valence-electron chi connectivity index (χ0n) is 18.6. The second kappa shape index (κ2) is 7.42. The lowest BCUT2D eigenvalue weighted by Crippen LogP contribution is -2.16. The number of fused-ring (bicyclic) bond motifs is 3. The van der Waals surface area contributed by atoms with Gasteiger partial charge >= 0.3 is 0 Å². The second-order valence-corrected chi connectivity index (χ2v) is 9.22. The first-order valence-corrected chi connectivity index (χ1v) is 11.1. The summed E-state index contributed by atoms with van der Waals surface area (Å²) in [4.78, 5) is 0. The lowest BCUT2D eigenvalue weighted by atomic mass is 9.80. The van der Waals surface area contributed by atoms with Crippen LogP contribution >= 0.6 is 0 Å². The highest BCUT2D eigenvalue weighted by Gasteiger charge is 2.36. The van der Waals surface area contributed by atoms with Crippen molar-refractivity contribution in [3.05, 3.63) is 118 Å². The molecule has 0 atom stereocenters. The van der Waals surface area contributed by atoms with E-state index in [0.29, 0.717) is 0 Å². The highest BCUT2D eigenvalue weighted by atomic mass is 14.6. The van der Waals surface area contributed by atoms with E-state index < -0.39 is 0 Å². The first kappa shape index (κ1) is 19.6. The van der Waals surface area contributed by atoms with Gasteiger partial charge in [0.05, 0.1) is 0 Å². The molecule has 0 spiro atoms. The molecule has 5 rings (SSSR count). The van der Waals surface area contributed by atoms with Crippen LogP contribution in [0.1, 0.15) is 55.9 Å². The number of nitrogens with two attached hydrogens (primary N) is 1. The molecule has 2 aromatic carbocycles. The van der Waals surface area contributed by atoms with Crippen molar-refractivity contribution in [3.8, 4) is 11.1 Å². The maximum atomic E-state index is 6.58. The van der Waals surface area contributed by atoms with Crippen LogP contribution in [0.5, 0.6) is 0 Å². The average molecular weight is 404 g/mol. The number of hydrogen-bond acceptors (Lipinski definition) is 1. The predicted octanol–water partition coefficient (Wildman–Crippen LogP) is 7.47. The van der Waals surface area contributed by atoms with Gasteiger partial charge in [0.2, 0.25) is 0 Å². The summed E-state index contributed by atoms with van der Waals surface area (Å²) in [6, 6.07) is 13.7. The molecule has 3 aliphatic rings. The van der Waals surface area contributed by atoms with E-state index in [1.54, 1.807) is 0 Å². The Morgan fingerprint density at radius 2 is 1.29 bits per heavy atom. The Morgan fingerprint density at radius 1 is 0.742 bits per heavy atom. The molecule has 0 amide bonds. The molecule has 0 saturated carbocycles. The molecule has 0 unspecified atom stereocenters.